The molecule has 3 aromatic rings. The first-order chi connectivity index (χ1) is 17.7. The number of halogens is 3. The fraction of sp³-hybridized carbons (Fsp3) is 0.391. The number of hydrogen-bond donors (Lipinski definition) is 1. The second kappa shape index (κ2) is 9.33. The van der Waals surface area contributed by atoms with Crippen molar-refractivity contribution >= 4 is 29.2 Å². The van der Waals surface area contributed by atoms with Crippen molar-refractivity contribution < 1.29 is 27.6 Å². The molecule has 2 aliphatic heterocycles. The summed E-state index contributed by atoms with van der Waals surface area (Å²) >= 11 is 0. The van der Waals surface area contributed by atoms with Crippen molar-refractivity contribution in [1.82, 2.24) is 29.0 Å². The lowest BCUT2D eigenvalue weighted by molar-refractivity contribution is -0.141. The molecule has 0 saturated carbocycles. The lowest BCUT2D eigenvalue weighted by Crippen LogP contribution is -2.40. The van der Waals surface area contributed by atoms with Crippen molar-refractivity contribution in [1.29, 1.82) is 0 Å². The Kier molecular flexibility index (Phi) is 6.17. The highest BCUT2D eigenvalue weighted by atomic mass is 19.3. The maximum atomic E-state index is 13.6. The van der Waals surface area contributed by atoms with E-state index in [1.807, 2.05) is 6.92 Å². The highest BCUT2D eigenvalue weighted by Gasteiger charge is 2.42. The fourth-order valence-corrected chi connectivity index (χ4v) is 4.77. The van der Waals surface area contributed by atoms with E-state index in [1.165, 1.54) is 15.5 Å². The van der Waals surface area contributed by atoms with E-state index in [-0.39, 0.29) is 55.3 Å². The van der Waals surface area contributed by atoms with Gasteiger partial charge in [-0.15, -0.1) is 0 Å². The molecule has 0 aromatic carbocycles. The van der Waals surface area contributed by atoms with Crippen LogP contribution in [0, 0.1) is 5.82 Å². The molecule has 5 heterocycles. The first-order valence-corrected chi connectivity index (χ1v) is 11.6. The maximum absolute atomic E-state index is 13.6. The van der Waals surface area contributed by atoms with Crippen LogP contribution < -0.4 is 10.9 Å². The van der Waals surface area contributed by atoms with E-state index >= 15 is 0 Å². The van der Waals surface area contributed by atoms with Crippen molar-refractivity contribution in [3.63, 3.8) is 0 Å². The van der Waals surface area contributed by atoms with E-state index in [4.69, 9.17) is 0 Å². The molecule has 0 radical (unpaired) electrons. The van der Waals surface area contributed by atoms with Gasteiger partial charge in [0, 0.05) is 19.2 Å². The highest BCUT2D eigenvalue weighted by molar-refractivity contribution is 5.99. The van der Waals surface area contributed by atoms with Gasteiger partial charge in [-0.2, -0.15) is 18.4 Å². The zero-order valence-corrected chi connectivity index (χ0v) is 19.7. The Balaban J connectivity index is 1.49. The van der Waals surface area contributed by atoms with Crippen LogP contribution in [0.3, 0.4) is 0 Å². The average molecular weight is 517 g/mol. The molecule has 0 bridgehead atoms. The molecule has 3 amide bonds. The van der Waals surface area contributed by atoms with Crippen LogP contribution in [0.4, 0.5) is 19.0 Å². The van der Waals surface area contributed by atoms with E-state index < -0.39 is 41.6 Å². The molecule has 0 spiro atoms. The lowest BCUT2D eigenvalue weighted by atomic mass is 10.2. The van der Waals surface area contributed by atoms with Gasteiger partial charge in [-0.25, -0.2) is 9.37 Å². The summed E-state index contributed by atoms with van der Waals surface area (Å²) in [4.78, 5) is 57.6. The van der Waals surface area contributed by atoms with Crippen molar-refractivity contribution in [3.05, 3.63) is 57.5 Å². The third kappa shape index (κ3) is 4.32. The Morgan fingerprint density at radius 3 is 2.70 bits per heavy atom. The zero-order chi connectivity index (χ0) is 26.4. The van der Waals surface area contributed by atoms with E-state index in [1.54, 1.807) is 6.07 Å². The van der Waals surface area contributed by atoms with Crippen molar-refractivity contribution in [2.24, 2.45) is 0 Å². The molecular formula is C23H22F3N7O4. The number of hydrogen-bond acceptors (Lipinski definition) is 6. The molecule has 11 nitrogen and oxygen atoms in total. The molecule has 37 heavy (non-hydrogen) atoms. The van der Waals surface area contributed by atoms with E-state index in [9.17, 15) is 32.3 Å². The molecule has 1 atom stereocenters. The Morgan fingerprint density at radius 1 is 1.24 bits per heavy atom. The quantitative estimate of drug-likeness (QED) is 0.522. The molecule has 3 aromatic heterocycles. The smallest absolute Gasteiger partial charge is 0.315 e. The molecule has 1 N–H and O–H groups in total. The average Bonchev–Trinajstić information content (AvgIpc) is 3.60. The third-order valence-electron chi connectivity index (χ3n) is 6.58. The second-order valence-corrected chi connectivity index (χ2v) is 8.85. The molecule has 0 unspecified atom stereocenters. The predicted octanol–water partition coefficient (Wildman–Crippen LogP) is 1.05. The molecule has 1 fully saturated rings. The number of alkyl halides is 2. The Bertz CT molecular complexity index is 1470. The normalized spacial score (nSPS) is 17.2. The summed E-state index contributed by atoms with van der Waals surface area (Å²) in [6, 6.07) is 3.46. The third-order valence-corrected chi connectivity index (χ3v) is 6.58. The number of likely N-dealkylation sites (tertiary alicyclic amines) is 1. The molecule has 0 aliphatic carbocycles. The van der Waals surface area contributed by atoms with Crippen LogP contribution in [0.2, 0.25) is 0 Å². The standard InChI is InChI=1S/C23H22F3N7O4/c1-2-13-7-18-32(11-17(34)28-16-4-3-12(24)8-27-16)19-15(21(35)33(18)29-13)10-31(22(19)36)14-5-6-30(9-14)23(37)20(25)26/h3-4,7-8,14,20H,2,5-6,9-11H2,1H3,(H,27,28,34)/t14-/m0/s1. The lowest BCUT2D eigenvalue weighted by Gasteiger charge is -2.24. The van der Waals surface area contributed by atoms with Gasteiger partial charge < -0.3 is 19.7 Å². The van der Waals surface area contributed by atoms with Crippen LogP contribution in [0.15, 0.2) is 29.2 Å². The fourth-order valence-electron chi connectivity index (χ4n) is 4.77. The summed E-state index contributed by atoms with van der Waals surface area (Å²) in [7, 11) is 0. The summed E-state index contributed by atoms with van der Waals surface area (Å²) in [5, 5.41) is 6.84. The minimum atomic E-state index is -3.14. The monoisotopic (exact) mass is 517 g/mol. The zero-order valence-electron chi connectivity index (χ0n) is 19.7. The highest BCUT2D eigenvalue weighted by Crippen LogP contribution is 2.28. The van der Waals surface area contributed by atoms with Gasteiger partial charge in [-0.05, 0) is 25.0 Å². The summed E-state index contributed by atoms with van der Waals surface area (Å²) in [5.41, 5.74) is 0.418. The number of rotatable bonds is 6. The second-order valence-electron chi connectivity index (χ2n) is 8.85. The molecule has 14 heteroatoms. The topological polar surface area (TPSA) is 122 Å². The number of nitrogens with one attached hydrogen (secondary N) is 1. The van der Waals surface area contributed by atoms with Crippen molar-refractivity contribution in [2.45, 2.75) is 45.3 Å². The van der Waals surface area contributed by atoms with Gasteiger partial charge in [0.15, 0.2) is 0 Å². The summed E-state index contributed by atoms with van der Waals surface area (Å²) in [6.07, 6.45) is -1.41. The van der Waals surface area contributed by atoms with Gasteiger partial charge in [-0.3, -0.25) is 19.2 Å². The van der Waals surface area contributed by atoms with Crippen molar-refractivity contribution in [3.8, 4) is 0 Å². The molecule has 1 saturated heterocycles. The summed E-state index contributed by atoms with van der Waals surface area (Å²) in [5.74, 6) is -2.89. The van der Waals surface area contributed by atoms with Gasteiger partial charge in [0.2, 0.25) is 5.91 Å². The number of carbonyl (C=O) groups is 3. The SMILES string of the molecule is CCc1cc2n(CC(=O)Nc3ccc(F)cn3)c3c(c(=O)n2n1)CN([C@H]1CCN(C(=O)C(F)F)C1)C3=O. The Hall–Kier alpha value is -4.23. The van der Waals surface area contributed by atoms with Crippen LogP contribution in [0.25, 0.3) is 5.65 Å². The van der Waals surface area contributed by atoms with Gasteiger partial charge >= 0.3 is 6.43 Å². The van der Waals surface area contributed by atoms with Crippen LogP contribution in [0.1, 0.15) is 35.1 Å². The van der Waals surface area contributed by atoms with Crippen LogP contribution in [-0.2, 0) is 29.1 Å². The number of anilines is 1. The molecular weight excluding hydrogens is 495 g/mol. The maximum Gasteiger partial charge on any atom is 0.315 e. The van der Waals surface area contributed by atoms with Gasteiger partial charge in [0.05, 0.1) is 30.0 Å². The number of aryl methyl sites for hydroxylation is 1. The van der Waals surface area contributed by atoms with E-state index in [0.717, 1.165) is 21.7 Å². The molecule has 5 rings (SSSR count). The van der Waals surface area contributed by atoms with Crippen molar-refractivity contribution in [2.75, 3.05) is 18.4 Å². The predicted molar refractivity (Wildman–Crippen MR) is 123 cm³/mol. The van der Waals surface area contributed by atoms with Gasteiger partial charge in [0.1, 0.15) is 29.5 Å². The number of carbonyl (C=O) groups excluding carboxylic acids is 3. The Labute approximate surface area is 207 Å². The summed E-state index contributed by atoms with van der Waals surface area (Å²) in [6.45, 7) is 1.35. The van der Waals surface area contributed by atoms with Crippen LogP contribution >= 0.6 is 0 Å². The Morgan fingerprint density at radius 2 is 2.03 bits per heavy atom. The first kappa shape index (κ1) is 24.5. The number of aromatic nitrogens is 4. The van der Waals surface area contributed by atoms with E-state index in [2.05, 4.69) is 15.4 Å². The van der Waals surface area contributed by atoms with E-state index in [0.29, 0.717) is 12.1 Å². The number of amides is 3. The van der Waals surface area contributed by atoms with Crippen LogP contribution in [0.5, 0.6) is 0 Å². The van der Waals surface area contributed by atoms with Gasteiger partial charge in [0.25, 0.3) is 17.4 Å². The first-order valence-electron chi connectivity index (χ1n) is 11.6. The van der Waals surface area contributed by atoms with Crippen LogP contribution in [-0.4, -0.2) is 72.2 Å². The number of pyridine rings is 1. The van der Waals surface area contributed by atoms with Gasteiger partial charge in [-0.1, -0.05) is 6.92 Å². The number of fused-ring (bicyclic) bond motifs is 2. The molecule has 194 valence electrons. The minimum Gasteiger partial charge on any atom is -0.336 e. The minimum absolute atomic E-state index is 0.000837. The largest absolute Gasteiger partial charge is 0.336 e. The number of nitrogens with zero attached hydrogens (tertiary/aromatic N) is 6. The summed E-state index contributed by atoms with van der Waals surface area (Å²) < 4.78 is 41.5. The molecule has 2 aliphatic rings.